The molecule has 2 saturated heterocycles. The van der Waals surface area contributed by atoms with Crippen LogP contribution in [0.5, 0.6) is 11.5 Å². The van der Waals surface area contributed by atoms with Gasteiger partial charge in [-0.15, -0.1) is 0 Å². The highest BCUT2D eigenvalue weighted by Gasteiger charge is 2.26. The molecule has 25 heavy (non-hydrogen) atoms. The van der Waals surface area contributed by atoms with Crippen LogP contribution in [0.3, 0.4) is 0 Å². The Hall–Kier alpha value is -1.79. The van der Waals surface area contributed by atoms with Gasteiger partial charge in [-0.2, -0.15) is 0 Å². The quantitative estimate of drug-likeness (QED) is 0.901. The largest absolute Gasteiger partial charge is 0.486 e. The first-order chi connectivity index (χ1) is 12.3. The maximum absolute atomic E-state index is 12.7. The number of carbonyl (C=O) groups is 1. The lowest BCUT2D eigenvalue weighted by Crippen LogP contribution is -2.46. The van der Waals surface area contributed by atoms with E-state index in [0.29, 0.717) is 36.4 Å². The van der Waals surface area contributed by atoms with Crippen LogP contribution >= 0.6 is 0 Å². The molecule has 0 spiro atoms. The maximum Gasteiger partial charge on any atom is 0.255 e. The molecule has 136 valence electrons. The molecule has 3 aliphatic heterocycles. The van der Waals surface area contributed by atoms with Gasteiger partial charge in [-0.25, -0.2) is 0 Å². The summed E-state index contributed by atoms with van der Waals surface area (Å²) in [7, 11) is 0. The average Bonchev–Trinajstić information content (AvgIpc) is 3.16. The Morgan fingerprint density at radius 3 is 2.76 bits per heavy atom. The summed E-state index contributed by atoms with van der Waals surface area (Å²) in [5.74, 6) is 1.16. The number of ether oxygens (including phenoxy) is 3. The van der Waals surface area contributed by atoms with Crippen LogP contribution in [0.1, 0.15) is 36.0 Å². The first kappa shape index (κ1) is 16.7. The monoisotopic (exact) mass is 346 g/mol. The van der Waals surface area contributed by atoms with Crippen LogP contribution in [0, 0.1) is 0 Å². The summed E-state index contributed by atoms with van der Waals surface area (Å²) < 4.78 is 16.9. The molecule has 1 aromatic carbocycles. The van der Waals surface area contributed by atoms with Crippen molar-refractivity contribution in [2.24, 2.45) is 0 Å². The van der Waals surface area contributed by atoms with E-state index in [1.165, 1.54) is 12.8 Å². The number of rotatable bonds is 4. The van der Waals surface area contributed by atoms with E-state index in [4.69, 9.17) is 14.2 Å². The zero-order valence-corrected chi connectivity index (χ0v) is 14.5. The second kappa shape index (κ2) is 7.62. The zero-order valence-electron chi connectivity index (χ0n) is 14.5. The molecule has 1 atom stereocenters. The van der Waals surface area contributed by atoms with E-state index < -0.39 is 0 Å². The molecule has 0 saturated carbocycles. The fourth-order valence-electron chi connectivity index (χ4n) is 3.85. The zero-order chi connectivity index (χ0) is 17.1. The predicted molar refractivity (Wildman–Crippen MR) is 93.3 cm³/mol. The van der Waals surface area contributed by atoms with Gasteiger partial charge >= 0.3 is 0 Å². The van der Waals surface area contributed by atoms with Gasteiger partial charge in [-0.3, -0.25) is 4.79 Å². The third-order valence-electron chi connectivity index (χ3n) is 5.22. The van der Waals surface area contributed by atoms with Crippen molar-refractivity contribution in [1.82, 2.24) is 10.2 Å². The second-order valence-corrected chi connectivity index (χ2v) is 7.01. The van der Waals surface area contributed by atoms with E-state index in [0.717, 1.165) is 39.1 Å². The third kappa shape index (κ3) is 3.90. The average molecular weight is 346 g/mol. The van der Waals surface area contributed by atoms with E-state index in [-0.39, 0.29) is 11.9 Å². The lowest BCUT2D eigenvalue weighted by atomic mass is 10.0. The topological polar surface area (TPSA) is 60.0 Å². The fourth-order valence-corrected chi connectivity index (χ4v) is 3.85. The van der Waals surface area contributed by atoms with E-state index in [9.17, 15) is 4.79 Å². The summed E-state index contributed by atoms with van der Waals surface area (Å²) in [5, 5.41) is 3.17. The Bertz CT molecular complexity index is 607. The summed E-state index contributed by atoms with van der Waals surface area (Å²) in [6.45, 7) is 4.97. The maximum atomic E-state index is 12.7. The van der Waals surface area contributed by atoms with Crippen LogP contribution in [0.15, 0.2) is 18.2 Å². The molecule has 1 amide bonds. The van der Waals surface area contributed by atoms with Gasteiger partial charge < -0.3 is 24.4 Å². The number of piperidine rings is 1. The van der Waals surface area contributed by atoms with Crippen LogP contribution in [0.2, 0.25) is 0 Å². The number of nitrogens with one attached hydrogen (secondary N) is 1. The van der Waals surface area contributed by atoms with Crippen molar-refractivity contribution in [2.45, 2.75) is 37.8 Å². The smallest absolute Gasteiger partial charge is 0.255 e. The molecule has 6 heteroatoms. The summed E-state index contributed by atoms with van der Waals surface area (Å²) >= 11 is 0. The molecule has 4 rings (SSSR count). The van der Waals surface area contributed by atoms with Gasteiger partial charge in [-0.1, -0.05) is 6.07 Å². The standard InChI is InChI=1S/C19H26N2O4/c22-19(16-4-1-5-17-18(16)25-12-11-24-17)20-14-6-8-21(9-7-14)13-15-3-2-10-23-15/h1,4-5,14-15H,2-3,6-13H2,(H,20,22)/t15-/m0/s1. The van der Waals surface area contributed by atoms with Crippen molar-refractivity contribution < 1.29 is 19.0 Å². The first-order valence-electron chi connectivity index (χ1n) is 9.33. The van der Waals surface area contributed by atoms with Crippen molar-refractivity contribution in [2.75, 3.05) is 39.5 Å². The second-order valence-electron chi connectivity index (χ2n) is 7.01. The Kier molecular flexibility index (Phi) is 5.08. The fraction of sp³-hybridized carbons (Fsp3) is 0.632. The molecular formula is C19H26N2O4. The van der Waals surface area contributed by atoms with Crippen LogP contribution in [0.25, 0.3) is 0 Å². The van der Waals surface area contributed by atoms with Gasteiger partial charge in [0.1, 0.15) is 13.2 Å². The van der Waals surface area contributed by atoms with Crippen LogP contribution in [-0.4, -0.2) is 62.4 Å². The highest BCUT2D eigenvalue weighted by molar-refractivity contribution is 5.98. The van der Waals surface area contributed by atoms with Crippen LogP contribution < -0.4 is 14.8 Å². The van der Waals surface area contributed by atoms with E-state index >= 15 is 0 Å². The molecule has 1 aromatic rings. The predicted octanol–water partition coefficient (Wildman–Crippen LogP) is 1.83. The Morgan fingerprint density at radius 1 is 1.12 bits per heavy atom. The number of benzene rings is 1. The van der Waals surface area contributed by atoms with Gasteiger partial charge in [0.15, 0.2) is 11.5 Å². The van der Waals surface area contributed by atoms with Gasteiger partial charge in [0.05, 0.1) is 11.7 Å². The first-order valence-corrected chi connectivity index (χ1v) is 9.33. The number of carbonyl (C=O) groups excluding carboxylic acids is 1. The lowest BCUT2D eigenvalue weighted by Gasteiger charge is -2.33. The molecule has 0 aliphatic carbocycles. The molecule has 2 fully saturated rings. The van der Waals surface area contributed by atoms with Crippen molar-refractivity contribution in [3.63, 3.8) is 0 Å². The molecular weight excluding hydrogens is 320 g/mol. The minimum atomic E-state index is -0.0695. The van der Waals surface area contributed by atoms with E-state index in [2.05, 4.69) is 10.2 Å². The van der Waals surface area contributed by atoms with Gasteiger partial charge in [0.2, 0.25) is 0 Å². The normalized spacial score (nSPS) is 24.2. The van der Waals surface area contributed by atoms with Crippen molar-refractivity contribution in [3.05, 3.63) is 23.8 Å². The van der Waals surface area contributed by atoms with E-state index in [1.54, 1.807) is 6.07 Å². The summed E-state index contributed by atoms with van der Waals surface area (Å²) in [6.07, 6.45) is 4.72. The Balaban J connectivity index is 1.30. The summed E-state index contributed by atoms with van der Waals surface area (Å²) in [6, 6.07) is 5.70. The number of likely N-dealkylation sites (tertiary alicyclic amines) is 1. The number of amides is 1. The number of hydrogen-bond donors (Lipinski definition) is 1. The third-order valence-corrected chi connectivity index (χ3v) is 5.22. The van der Waals surface area contributed by atoms with Crippen LogP contribution in [0.4, 0.5) is 0 Å². The van der Waals surface area contributed by atoms with Gasteiger partial charge in [0, 0.05) is 32.3 Å². The van der Waals surface area contributed by atoms with Gasteiger partial charge in [-0.05, 0) is 37.8 Å². The van der Waals surface area contributed by atoms with Gasteiger partial charge in [0.25, 0.3) is 5.91 Å². The molecule has 0 bridgehead atoms. The van der Waals surface area contributed by atoms with Crippen molar-refractivity contribution >= 4 is 5.91 Å². The molecule has 3 heterocycles. The minimum Gasteiger partial charge on any atom is -0.486 e. The highest BCUT2D eigenvalue weighted by Crippen LogP contribution is 2.33. The SMILES string of the molecule is O=C(NC1CCN(C[C@@H]2CCCO2)CC1)c1cccc2c1OCCO2. The van der Waals surface area contributed by atoms with E-state index in [1.807, 2.05) is 12.1 Å². The number of fused-ring (bicyclic) bond motifs is 1. The molecule has 0 aromatic heterocycles. The molecule has 0 unspecified atom stereocenters. The number of para-hydroxylation sites is 1. The highest BCUT2D eigenvalue weighted by atomic mass is 16.6. The number of nitrogens with zero attached hydrogens (tertiary/aromatic N) is 1. The number of hydrogen-bond acceptors (Lipinski definition) is 5. The lowest BCUT2D eigenvalue weighted by molar-refractivity contribution is 0.0612. The van der Waals surface area contributed by atoms with Crippen molar-refractivity contribution in [3.8, 4) is 11.5 Å². The van der Waals surface area contributed by atoms with Crippen molar-refractivity contribution in [1.29, 1.82) is 0 Å². The minimum absolute atomic E-state index is 0.0695. The molecule has 3 aliphatic rings. The Labute approximate surface area is 148 Å². The molecule has 6 nitrogen and oxygen atoms in total. The summed E-state index contributed by atoms with van der Waals surface area (Å²) in [5.41, 5.74) is 0.569. The molecule has 1 N–H and O–H groups in total. The van der Waals surface area contributed by atoms with Crippen LogP contribution in [-0.2, 0) is 4.74 Å². The molecule has 0 radical (unpaired) electrons. The Morgan fingerprint density at radius 2 is 1.96 bits per heavy atom. The summed E-state index contributed by atoms with van der Waals surface area (Å²) in [4.78, 5) is 15.1.